The van der Waals surface area contributed by atoms with E-state index in [1.807, 2.05) is 42.6 Å². The molecular weight excluding hydrogens is 402 g/mol. The summed E-state index contributed by atoms with van der Waals surface area (Å²) in [6.45, 7) is 2.38. The number of rotatable bonds is 6. The number of aromatic nitrogens is 1. The molecule has 0 fully saturated rings. The number of thiazole rings is 1. The van der Waals surface area contributed by atoms with E-state index < -0.39 is 0 Å². The molecule has 0 radical (unpaired) electrons. The first-order valence-electron chi connectivity index (χ1n) is 7.62. The third-order valence-corrected chi connectivity index (χ3v) is 4.58. The van der Waals surface area contributed by atoms with Gasteiger partial charge in [-0.25, -0.2) is 4.98 Å². The Morgan fingerprint density at radius 3 is 2.80 bits per heavy atom. The van der Waals surface area contributed by atoms with Crippen molar-refractivity contribution in [2.75, 3.05) is 12.0 Å². The van der Waals surface area contributed by atoms with Crippen LogP contribution >= 0.6 is 27.3 Å². The SMILES string of the molecule is CCOc1ccc(C=NNc2nc(-c3ccc(Br)cc3)cs2)cc1O. The normalized spacial score (nSPS) is 11.0. The smallest absolute Gasteiger partial charge is 0.203 e. The minimum absolute atomic E-state index is 0.0950. The highest BCUT2D eigenvalue weighted by molar-refractivity contribution is 9.10. The third kappa shape index (κ3) is 4.58. The number of aromatic hydroxyl groups is 1. The van der Waals surface area contributed by atoms with Gasteiger partial charge in [0.05, 0.1) is 18.5 Å². The zero-order valence-corrected chi connectivity index (χ0v) is 15.8. The molecule has 128 valence electrons. The van der Waals surface area contributed by atoms with Crippen LogP contribution in [-0.2, 0) is 0 Å². The Hall–Kier alpha value is -2.38. The summed E-state index contributed by atoms with van der Waals surface area (Å²) in [6.07, 6.45) is 1.62. The number of hydrogen-bond acceptors (Lipinski definition) is 6. The van der Waals surface area contributed by atoms with E-state index in [9.17, 15) is 5.11 Å². The first-order valence-corrected chi connectivity index (χ1v) is 9.29. The molecule has 0 spiro atoms. The molecule has 0 amide bonds. The highest BCUT2D eigenvalue weighted by atomic mass is 79.9. The Labute approximate surface area is 158 Å². The average molecular weight is 418 g/mol. The maximum atomic E-state index is 9.87. The van der Waals surface area contributed by atoms with Crippen molar-refractivity contribution >= 4 is 38.6 Å². The van der Waals surface area contributed by atoms with Crippen molar-refractivity contribution in [1.82, 2.24) is 4.98 Å². The van der Waals surface area contributed by atoms with Gasteiger partial charge in [-0.05, 0) is 42.8 Å². The standard InChI is InChI=1S/C18H16BrN3O2S/c1-2-24-17-8-3-12(9-16(17)23)10-20-22-18-21-15(11-25-18)13-4-6-14(19)7-5-13/h3-11,23H,2H2,1H3,(H,21,22). The second-order valence-corrected chi connectivity index (χ2v) is 6.85. The molecule has 7 heteroatoms. The van der Waals surface area contributed by atoms with Gasteiger partial charge in [-0.3, -0.25) is 5.43 Å². The summed E-state index contributed by atoms with van der Waals surface area (Å²) in [7, 11) is 0. The van der Waals surface area contributed by atoms with E-state index in [1.165, 1.54) is 11.3 Å². The summed E-state index contributed by atoms with van der Waals surface area (Å²) in [5.74, 6) is 0.559. The fraction of sp³-hybridized carbons (Fsp3) is 0.111. The molecule has 0 unspecified atom stereocenters. The van der Waals surface area contributed by atoms with Gasteiger partial charge in [0.25, 0.3) is 0 Å². The van der Waals surface area contributed by atoms with Crippen molar-refractivity contribution in [3.8, 4) is 22.8 Å². The minimum atomic E-state index is 0.0950. The van der Waals surface area contributed by atoms with Crippen molar-refractivity contribution in [2.24, 2.45) is 5.10 Å². The summed E-state index contributed by atoms with van der Waals surface area (Å²) in [5.41, 5.74) is 5.62. The summed E-state index contributed by atoms with van der Waals surface area (Å²) in [4.78, 5) is 4.51. The van der Waals surface area contributed by atoms with Crippen LogP contribution in [-0.4, -0.2) is 22.9 Å². The molecule has 1 aromatic heterocycles. The van der Waals surface area contributed by atoms with E-state index in [1.54, 1.807) is 18.3 Å². The van der Waals surface area contributed by atoms with Gasteiger partial charge in [-0.15, -0.1) is 11.3 Å². The van der Waals surface area contributed by atoms with Gasteiger partial charge in [0.2, 0.25) is 5.13 Å². The monoisotopic (exact) mass is 417 g/mol. The lowest BCUT2D eigenvalue weighted by Gasteiger charge is -2.05. The molecule has 0 atom stereocenters. The zero-order valence-electron chi connectivity index (χ0n) is 13.4. The molecule has 0 aliphatic heterocycles. The van der Waals surface area contributed by atoms with Gasteiger partial charge in [-0.2, -0.15) is 5.10 Å². The van der Waals surface area contributed by atoms with Crippen molar-refractivity contribution < 1.29 is 9.84 Å². The van der Waals surface area contributed by atoms with Crippen molar-refractivity contribution in [3.05, 3.63) is 57.9 Å². The summed E-state index contributed by atoms with van der Waals surface area (Å²) >= 11 is 4.90. The molecule has 0 aliphatic rings. The lowest BCUT2D eigenvalue weighted by molar-refractivity contribution is 0.318. The van der Waals surface area contributed by atoms with Crippen LogP contribution < -0.4 is 10.2 Å². The molecule has 25 heavy (non-hydrogen) atoms. The van der Waals surface area contributed by atoms with Crippen molar-refractivity contribution in [1.29, 1.82) is 0 Å². The van der Waals surface area contributed by atoms with Crippen LogP contribution in [0.5, 0.6) is 11.5 Å². The molecule has 3 aromatic rings. The molecule has 1 heterocycles. The van der Waals surface area contributed by atoms with Gasteiger partial charge in [-0.1, -0.05) is 28.1 Å². The number of phenolic OH excluding ortho intramolecular Hbond substituents is 1. The Kier molecular flexibility index (Phi) is 5.67. The number of nitrogens with zero attached hydrogens (tertiary/aromatic N) is 2. The molecule has 3 rings (SSSR count). The lowest BCUT2D eigenvalue weighted by atomic mass is 10.2. The minimum Gasteiger partial charge on any atom is -0.504 e. The van der Waals surface area contributed by atoms with Crippen LogP contribution in [0.15, 0.2) is 57.4 Å². The van der Waals surface area contributed by atoms with Gasteiger partial charge in [0.15, 0.2) is 11.5 Å². The number of ether oxygens (including phenoxy) is 1. The average Bonchev–Trinajstić information content (AvgIpc) is 3.07. The predicted molar refractivity (Wildman–Crippen MR) is 106 cm³/mol. The maximum absolute atomic E-state index is 9.87. The largest absolute Gasteiger partial charge is 0.504 e. The number of nitrogens with one attached hydrogen (secondary N) is 1. The van der Waals surface area contributed by atoms with E-state index >= 15 is 0 Å². The highest BCUT2D eigenvalue weighted by Crippen LogP contribution is 2.27. The summed E-state index contributed by atoms with van der Waals surface area (Å²) in [5, 5.41) is 16.7. The molecule has 2 aromatic carbocycles. The third-order valence-electron chi connectivity index (χ3n) is 3.30. The van der Waals surface area contributed by atoms with E-state index in [-0.39, 0.29) is 5.75 Å². The van der Waals surface area contributed by atoms with Crippen molar-refractivity contribution in [3.63, 3.8) is 0 Å². The molecule has 5 nitrogen and oxygen atoms in total. The van der Waals surface area contributed by atoms with Gasteiger partial charge in [0, 0.05) is 15.4 Å². The zero-order chi connectivity index (χ0) is 17.6. The topological polar surface area (TPSA) is 66.7 Å². The Morgan fingerprint density at radius 2 is 2.08 bits per heavy atom. The quantitative estimate of drug-likeness (QED) is 0.431. The number of hydrogen-bond donors (Lipinski definition) is 2. The number of benzene rings is 2. The number of halogens is 1. The first-order chi connectivity index (χ1) is 12.2. The lowest BCUT2D eigenvalue weighted by Crippen LogP contribution is -1.93. The number of hydrazone groups is 1. The summed E-state index contributed by atoms with van der Waals surface area (Å²) in [6, 6.07) is 13.1. The highest BCUT2D eigenvalue weighted by Gasteiger charge is 2.04. The molecular formula is C18H16BrN3O2S. The predicted octanol–water partition coefficient (Wildman–Crippen LogP) is 5.12. The van der Waals surface area contributed by atoms with Crippen molar-refractivity contribution in [2.45, 2.75) is 6.92 Å². The Bertz CT molecular complexity index is 878. The Balaban J connectivity index is 1.65. The number of phenols is 1. The van der Waals surface area contributed by atoms with Crippen LogP contribution in [0.4, 0.5) is 5.13 Å². The van der Waals surface area contributed by atoms with Crippen LogP contribution in [0.25, 0.3) is 11.3 Å². The van der Waals surface area contributed by atoms with Gasteiger partial charge >= 0.3 is 0 Å². The van der Waals surface area contributed by atoms with Crippen LogP contribution in [0.2, 0.25) is 0 Å². The molecule has 2 N–H and O–H groups in total. The van der Waals surface area contributed by atoms with E-state index in [2.05, 4.69) is 31.4 Å². The van der Waals surface area contributed by atoms with E-state index in [4.69, 9.17) is 4.74 Å². The fourth-order valence-electron chi connectivity index (χ4n) is 2.13. The second kappa shape index (κ2) is 8.13. The second-order valence-electron chi connectivity index (χ2n) is 5.07. The number of anilines is 1. The molecule has 0 saturated heterocycles. The molecule has 0 bridgehead atoms. The molecule has 0 saturated carbocycles. The van der Waals surface area contributed by atoms with E-state index in [0.29, 0.717) is 17.5 Å². The fourth-order valence-corrected chi connectivity index (χ4v) is 3.07. The van der Waals surface area contributed by atoms with Crippen LogP contribution in [0, 0.1) is 0 Å². The van der Waals surface area contributed by atoms with E-state index in [0.717, 1.165) is 21.3 Å². The Morgan fingerprint density at radius 1 is 1.28 bits per heavy atom. The van der Waals surface area contributed by atoms with Crippen LogP contribution in [0.1, 0.15) is 12.5 Å². The van der Waals surface area contributed by atoms with Gasteiger partial charge < -0.3 is 9.84 Å². The summed E-state index contributed by atoms with van der Waals surface area (Å²) < 4.78 is 6.33. The van der Waals surface area contributed by atoms with Crippen LogP contribution in [0.3, 0.4) is 0 Å². The first kappa shape index (κ1) is 17.4. The molecule has 0 aliphatic carbocycles. The maximum Gasteiger partial charge on any atom is 0.203 e. The van der Waals surface area contributed by atoms with Gasteiger partial charge in [0.1, 0.15) is 0 Å².